The molecule has 3 nitrogen and oxygen atoms in total. The molecule has 0 radical (unpaired) electrons. The fourth-order valence-electron chi connectivity index (χ4n) is 2.05. The van der Waals surface area contributed by atoms with E-state index in [1.54, 1.807) is 0 Å². The summed E-state index contributed by atoms with van der Waals surface area (Å²) in [6.07, 6.45) is 0. The van der Waals surface area contributed by atoms with Crippen molar-refractivity contribution < 1.29 is 9.26 Å². The average Bonchev–Trinajstić information content (AvgIpc) is 3.03. The third-order valence-electron chi connectivity index (χ3n) is 3.16. The number of aromatic nitrogens is 1. The minimum Gasteiger partial charge on any atom is -0.488 e. The first-order chi connectivity index (χ1) is 10.8. The highest BCUT2D eigenvalue weighted by molar-refractivity contribution is 9.10. The Morgan fingerprint density at radius 3 is 2.59 bits per heavy atom. The summed E-state index contributed by atoms with van der Waals surface area (Å²) < 4.78 is 12.1. The van der Waals surface area contributed by atoms with Gasteiger partial charge in [-0.2, -0.15) is 0 Å². The quantitative estimate of drug-likeness (QED) is 0.556. The molecule has 22 heavy (non-hydrogen) atoms. The van der Waals surface area contributed by atoms with Crippen molar-refractivity contribution in [3.05, 3.63) is 70.4 Å². The maximum Gasteiger partial charge on any atom is 0.152 e. The monoisotopic (exact) mass is 377 g/mol. The fraction of sp³-hybridized carbons (Fsp3) is 0.118. The van der Waals surface area contributed by atoms with Gasteiger partial charge in [0.2, 0.25) is 0 Å². The minimum absolute atomic E-state index is 0.301. The Labute approximate surface area is 142 Å². The molecular weight excluding hydrogens is 366 g/mol. The highest BCUT2D eigenvalue weighted by atomic mass is 79.9. The third kappa shape index (κ3) is 3.51. The zero-order chi connectivity index (χ0) is 15.4. The van der Waals surface area contributed by atoms with Crippen molar-refractivity contribution in [1.29, 1.82) is 0 Å². The molecule has 0 aliphatic rings. The van der Waals surface area contributed by atoms with E-state index in [-0.39, 0.29) is 0 Å². The van der Waals surface area contributed by atoms with Crippen LogP contribution >= 0.6 is 27.5 Å². The molecule has 1 aromatic heterocycles. The van der Waals surface area contributed by atoms with Gasteiger partial charge in [-0.3, -0.25) is 0 Å². The molecule has 0 saturated carbocycles. The number of benzene rings is 2. The summed E-state index contributed by atoms with van der Waals surface area (Å²) in [5.74, 6) is 1.70. The molecule has 0 bridgehead atoms. The number of ether oxygens (including phenoxy) is 1. The highest BCUT2D eigenvalue weighted by Gasteiger charge is 2.11. The second-order valence-corrected chi connectivity index (χ2v) is 5.91. The minimum atomic E-state index is 0.301. The van der Waals surface area contributed by atoms with Crippen molar-refractivity contribution in [1.82, 2.24) is 5.16 Å². The van der Waals surface area contributed by atoms with Crippen LogP contribution in [0.15, 0.2) is 63.6 Å². The van der Waals surface area contributed by atoms with Gasteiger partial charge in [0, 0.05) is 16.1 Å². The molecule has 0 unspecified atom stereocenters. The van der Waals surface area contributed by atoms with E-state index >= 15 is 0 Å². The van der Waals surface area contributed by atoms with Crippen LogP contribution in [0.3, 0.4) is 0 Å². The van der Waals surface area contributed by atoms with Gasteiger partial charge in [-0.15, -0.1) is 11.6 Å². The van der Waals surface area contributed by atoms with Gasteiger partial charge in [-0.05, 0) is 29.8 Å². The van der Waals surface area contributed by atoms with Gasteiger partial charge < -0.3 is 9.26 Å². The highest BCUT2D eigenvalue weighted by Crippen LogP contribution is 2.30. The van der Waals surface area contributed by atoms with E-state index in [4.69, 9.17) is 20.9 Å². The third-order valence-corrected chi connectivity index (χ3v) is 3.95. The number of hydrogen-bond acceptors (Lipinski definition) is 3. The van der Waals surface area contributed by atoms with Crippen LogP contribution in [0, 0.1) is 0 Å². The Hall–Kier alpha value is -1.78. The normalized spacial score (nSPS) is 10.6. The van der Waals surface area contributed by atoms with Crippen LogP contribution in [0.25, 0.3) is 11.3 Å². The average molecular weight is 379 g/mol. The Kier molecular flexibility index (Phi) is 4.80. The van der Waals surface area contributed by atoms with Gasteiger partial charge in [-0.1, -0.05) is 45.4 Å². The lowest BCUT2D eigenvalue weighted by Crippen LogP contribution is -1.96. The molecule has 3 aromatic rings. The number of nitrogens with zero attached hydrogens (tertiary/aromatic N) is 1. The van der Waals surface area contributed by atoms with Crippen LogP contribution < -0.4 is 4.74 Å². The Morgan fingerprint density at radius 1 is 1.09 bits per heavy atom. The lowest BCUT2D eigenvalue weighted by molar-refractivity contribution is 0.307. The summed E-state index contributed by atoms with van der Waals surface area (Å²) in [7, 11) is 0. The van der Waals surface area contributed by atoms with Crippen molar-refractivity contribution in [3.8, 4) is 17.0 Å². The first-order valence-corrected chi connectivity index (χ1v) is 8.07. The molecule has 0 aliphatic carbocycles. The van der Waals surface area contributed by atoms with E-state index < -0.39 is 0 Å². The van der Waals surface area contributed by atoms with Crippen molar-refractivity contribution in [2.45, 2.75) is 12.5 Å². The van der Waals surface area contributed by atoms with Crippen LogP contribution in [0.2, 0.25) is 0 Å². The van der Waals surface area contributed by atoms with Crippen LogP contribution in [0.4, 0.5) is 0 Å². The first-order valence-electron chi connectivity index (χ1n) is 6.74. The van der Waals surface area contributed by atoms with Crippen molar-refractivity contribution in [2.75, 3.05) is 0 Å². The van der Waals surface area contributed by atoms with Gasteiger partial charge >= 0.3 is 0 Å². The van der Waals surface area contributed by atoms with Crippen LogP contribution in [-0.4, -0.2) is 5.16 Å². The predicted octanol–water partition coefficient (Wildman–Crippen LogP) is 5.42. The van der Waals surface area contributed by atoms with Crippen molar-refractivity contribution in [2.24, 2.45) is 0 Å². The smallest absolute Gasteiger partial charge is 0.152 e. The van der Waals surface area contributed by atoms with E-state index in [1.165, 1.54) is 0 Å². The largest absolute Gasteiger partial charge is 0.488 e. The van der Waals surface area contributed by atoms with Gasteiger partial charge in [0.25, 0.3) is 0 Å². The summed E-state index contributed by atoms with van der Waals surface area (Å²) >= 11 is 9.18. The molecule has 5 heteroatoms. The molecule has 112 valence electrons. The van der Waals surface area contributed by atoms with Gasteiger partial charge in [0.05, 0.1) is 5.88 Å². The summed E-state index contributed by atoms with van der Waals surface area (Å²) in [6.45, 7) is 0.491. The zero-order valence-electron chi connectivity index (χ0n) is 11.6. The Morgan fingerprint density at radius 2 is 1.86 bits per heavy atom. The molecule has 0 spiro atoms. The van der Waals surface area contributed by atoms with E-state index in [0.29, 0.717) is 18.2 Å². The molecule has 0 amide bonds. The molecule has 0 saturated heterocycles. The number of halogens is 2. The molecule has 3 rings (SSSR count). The number of rotatable bonds is 5. The zero-order valence-corrected chi connectivity index (χ0v) is 14.0. The van der Waals surface area contributed by atoms with Crippen molar-refractivity contribution >= 4 is 27.5 Å². The van der Waals surface area contributed by atoms with Crippen LogP contribution in [-0.2, 0) is 12.5 Å². The van der Waals surface area contributed by atoms with Gasteiger partial charge in [-0.25, -0.2) is 0 Å². The van der Waals surface area contributed by atoms with E-state index in [9.17, 15) is 0 Å². The summed E-state index contributed by atoms with van der Waals surface area (Å²) in [4.78, 5) is 0. The molecule has 1 heterocycles. The number of hydrogen-bond donors (Lipinski definition) is 0. The Bertz CT molecular complexity index is 755. The number of para-hydroxylation sites is 1. The first kappa shape index (κ1) is 15.1. The molecular formula is C17H13BrClNO2. The van der Waals surface area contributed by atoms with Gasteiger partial charge in [0.1, 0.15) is 18.1 Å². The lowest BCUT2D eigenvalue weighted by Gasteiger charge is -2.10. The summed E-state index contributed by atoms with van der Waals surface area (Å²) in [5.41, 5.74) is 2.71. The second-order valence-electron chi connectivity index (χ2n) is 4.72. The lowest BCUT2D eigenvalue weighted by atomic mass is 10.1. The summed E-state index contributed by atoms with van der Waals surface area (Å²) in [6, 6.07) is 17.6. The maximum absolute atomic E-state index is 5.93. The number of alkyl halides is 1. The van der Waals surface area contributed by atoms with E-state index in [1.807, 2.05) is 54.6 Å². The van der Waals surface area contributed by atoms with Crippen molar-refractivity contribution in [3.63, 3.8) is 0 Å². The second kappa shape index (κ2) is 6.99. The summed E-state index contributed by atoms with van der Waals surface area (Å²) in [5, 5.41) is 4.04. The van der Waals surface area contributed by atoms with Crippen LogP contribution in [0.5, 0.6) is 5.75 Å². The van der Waals surface area contributed by atoms with Crippen LogP contribution in [0.1, 0.15) is 11.3 Å². The topological polar surface area (TPSA) is 35.3 Å². The standard InChI is InChI=1S/C17H13BrClNO2/c18-13-7-5-12(6-8-13)11-21-17-4-2-1-3-15(17)16-9-14(10-19)22-20-16/h1-9H,10-11H2. The molecule has 0 fully saturated rings. The molecule has 2 aromatic carbocycles. The van der Waals surface area contributed by atoms with E-state index in [0.717, 1.165) is 27.0 Å². The fourth-order valence-corrected chi connectivity index (χ4v) is 2.44. The SMILES string of the molecule is ClCc1cc(-c2ccccc2OCc2ccc(Br)cc2)no1. The molecule has 0 atom stereocenters. The predicted molar refractivity (Wildman–Crippen MR) is 90.0 cm³/mol. The maximum atomic E-state index is 5.93. The Balaban J connectivity index is 1.80. The van der Waals surface area contributed by atoms with Gasteiger partial charge in [0.15, 0.2) is 5.76 Å². The molecule has 0 aliphatic heterocycles. The van der Waals surface area contributed by atoms with E-state index in [2.05, 4.69) is 21.1 Å². The molecule has 0 N–H and O–H groups in total.